The third-order valence-electron chi connectivity index (χ3n) is 4.15. The van der Waals surface area contributed by atoms with Gasteiger partial charge in [-0.1, -0.05) is 6.92 Å². The Morgan fingerprint density at radius 1 is 1.31 bits per heavy atom. The normalized spacial score (nSPS) is 16.7. The van der Waals surface area contributed by atoms with Crippen LogP contribution in [-0.2, 0) is 16.2 Å². The van der Waals surface area contributed by atoms with E-state index in [2.05, 4.69) is 4.72 Å². The Bertz CT molecular complexity index is 760. The molecule has 7 nitrogen and oxygen atoms in total. The molecule has 1 saturated heterocycles. The zero-order valence-corrected chi connectivity index (χ0v) is 14.9. The standard InChI is InChI=1S/C15H20F3N3O4S/c1-2-9-26(24,25)19-12-5-7-20(8-6-12)13-4-3-11(15(16,17)18)10-14(13)21(22)23/h3-4,10,12,19H,2,5-9H2,1H3. The van der Waals surface area contributed by atoms with Gasteiger partial charge >= 0.3 is 6.18 Å². The molecule has 0 saturated carbocycles. The molecule has 1 aromatic rings. The average molecular weight is 395 g/mol. The van der Waals surface area contributed by atoms with Crippen molar-refractivity contribution in [2.45, 2.75) is 38.4 Å². The summed E-state index contributed by atoms with van der Waals surface area (Å²) in [5.74, 6) is 0.0254. The SMILES string of the molecule is CCCS(=O)(=O)NC1CCN(c2ccc(C(F)(F)F)cc2[N+](=O)[O-])CC1. The van der Waals surface area contributed by atoms with Crippen molar-refractivity contribution in [2.24, 2.45) is 0 Å². The number of halogens is 3. The number of nitrogens with zero attached hydrogens (tertiary/aromatic N) is 2. The summed E-state index contributed by atoms with van der Waals surface area (Å²) in [6.45, 7) is 2.38. The maximum absolute atomic E-state index is 12.8. The van der Waals surface area contributed by atoms with Crippen LogP contribution in [0.15, 0.2) is 18.2 Å². The van der Waals surface area contributed by atoms with E-state index in [-0.39, 0.29) is 17.5 Å². The number of sulfonamides is 1. The zero-order valence-electron chi connectivity index (χ0n) is 14.1. The molecule has 1 aromatic carbocycles. The van der Waals surface area contributed by atoms with Crippen molar-refractivity contribution in [3.8, 4) is 0 Å². The Labute approximate surface area is 149 Å². The molecule has 11 heteroatoms. The molecular weight excluding hydrogens is 375 g/mol. The second-order valence-electron chi connectivity index (χ2n) is 6.16. The van der Waals surface area contributed by atoms with Crippen LogP contribution in [0.2, 0.25) is 0 Å². The molecular formula is C15H20F3N3O4S. The van der Waals surface area contributed by atoms with Crippen LogP contribution in [0.4, 0.5) is 24.5 Å². The molecule has 1 heterocycles. The van der Waals surface area contributed by atoms with Crippen LogP contribution < -0.4 is 9.62 Å². The number of hydrogen-bond donors (Lipinski definition) is 1. The van der Waals surface area contributed by atoms with Gasteiger partial charge in [-0.3, -0.25) is 10.1 Å². The van der Waals surface area contributed by atoms with Crippen molar-refractivity contribution in [1.82, 2.24) is 4.72 Å². The molecule has 26 heavy (non-hydrogen) atoms. The highest BCUT2D eigenvalue weighted by Crippen LogP contribution is 2.37. The lowest BCUT2D eigenvalue weighted by Gasteiger charge is -2.33. The summed E-state index contributed by atoms with van der Waals surface area (Å²) in [7, 11) is -3.36. The predicted octanol–water partition coefficient (Wildman–Crippen LogP) is 2.91. The minimum absolute atomic E-state index is 0.0254. The van der Waals surface area contributed by atoms with E-state index in [4.69, 9.17) is 0 Å². The van der Waals surface area contributed by atoms with Gasteiger partial charge in [0, 0.05) is 25.2 Å². The van der Waals surface area contributed by atoms with E-state index in [0.717, 1.165) is 12.1 Å². The summed E-state index contributed by atoms with van der Waals surface area (Å²) in [6.07, 6.45) is -3.33. The second kappa shape index (κ2) is 7.78. The van der Waals surface area contributed by atoms with Gasteiger partial charge in [-0.05, 0) is 31.4 Å². The third-order valence-corrected chi connectivity index (χ3v) is 5.79. The Morgan fingerprint density at radius 3 is 2.42 bits per heavy atom. The summed E-state index contributed by atoms with van der Waals surface area (Å²) in [5, 5.41) is 11.2. The molecule has 0 spiro atoms. The molecule has 0 radical (unpaired) electrons. The molecule has 0 aromatic heterocycles. The molecule has 1 aliphatic heterocycles. The van der Waals surface area contributed by atoms with E-state index in [1.807, 2.05) is 0 Å². The van der Waals surface area contributed by atoms with E-state index in [1.165, 1.54) is 0 Å². The fourth-order valence-corrected chi connectivity index (χ4v) is 4.33. The lowest BCUT2D eigenvalue weighted by atomic mass is 10.0. The first-order chi connectivity index (χ1) is 12.0. The number of nitrogens with one attached hydrogen (secondary N) is 1. The van der Waals surface area contributed by atoms with Crippen LogP contribution in [0.1, 0.15) is 31.7 Å². The Balaban J connectivity index is 2.13. The van der Waals surface area contributed by atoms with Crippen LogP contribution >= 0.6 is 0 Å². The monoisotopic (exact) mass is 395 g/mol. The topological polar surface area (TPSA) is 92.6 Å². The van der Waals surface area contributed by atoms with Crippen molar-refractivity contribution in [1.29, 1.82) is 0 Å². The van der Waals surface area contributed by atoms with Crippen molar-refractivity contribution >= 4 is 21.4 Å². The highest BCUT2D eigenvalue weighted by atomic mass is 32.2. The maximum Gasteiger partial charge on any atom is 0.416 e. The van der Waals surface area contributed by atoms with Gasteiger partial charge in [-0.2, -0.15) is 13.2 Å². The first-order valence-corrected chi connectivity index (χ1v) is 9.79. The molecule has 0 atom stereocenters. The number of rotatable bonds is 6. The van der Waals surface area contributed by atoms with Gasteiger partial charge < -0.3 is 4.90 Å². The van der Waals surface area contributed by atoms with E-state index in [1.54, 1.807) is 11.8 Å². The Hall–Kier alpha value is -1.88. The Morgan fingerprint density at radius 2 is 1.92 bits per heavy atom. The zero-order chi connectivity index (χ0) is 19.5. The lowest BCUT2D eigenvalue weighted by Crippen LogP contribution is -2.45. The van der Waals surface area contributed by atoms with Crippen molar-refractivity contribution in [3.63, 3.8) is 0 Å². The fourth-order valence-electron chi connectivity index (χ4n) is 2.93. The summed E-state index contributed by atoms with van der Waals surface area (Å²) in [4.78, 5) is 12.0. The predicted molar refractivity (Wildman–Crippen MR) is 90.5 cm³/mol. The molecule has 0 bridgehead atoms. The van der Waals surface area contributed by atoms with Crippen LogP contribution in [0.3, 0.4) is 0 Å². The van der Waals surface area contributed by atoms with Crippen LogP contribution in [0, 0.1) is 10.1 Å². The van der Waals surface area contributed by atoms with E-state index in [9.17, 15) is 31.7 Å². The molecule has 2 rings (SSSR count). The van der Waals surface area contributed by atoms with Crippen LogP contribution in [0.5, 0.6) is 0 Å². The number of nitro benzene ring substituents is 1. The van der Waals surface area contributed by atoms with Gasteiger partial charge in [-0.15, -0.1) is 0 Å². The smallest absolute Gasteiger partial charge is 0.366 e. The van der Waals surface area contributed by atoms with E-state index in [0.29, 0.717) is 38.4 Å². The summed E-state index contributed by atoms with van der Waals surface area (Å²) < 4.78 is 64.5. The Kier molecular flexibility index (Phi) is 6.12. The molecule has 1 aliphatic rings. The molecule has 0 amide bonds. The van der Waals surface area contributed by atoms with Crippen molar-refractivity contribution in [3.05, 3.63) is 33.9 Å². The number of alkyl halides is 3. The van der Waals surface area contributed by atoms with Crippen molar-refractivity contribution in [2.75, 3.05) is 23.7 Å². The van der Waals surface area contributed by atoms with E-state index >= 15 is 0 Å². The molecule has 0 aliphatic carbocycles. The van der Waals surface area contributed by atoms with Gasteiger partial charge in [0.15, 0.2) is 0 Å². The number of benzene rings is 1. The number of nitro groups is 1. The van der Waals surface area contributed by atoms with Gasteiger partial charge in [0.25, 0.3) is 5.69 Å². The first kappa shape index (κ1) is 20.4. The summed E-state index contributed by atoms with van der Waals surface area (Å²) in [6, 6.07) is 2.17. The first-order valence-electron chi connectivity index (χ1n) is 8.14. The fraction of sp³-hybridized carbons (Fsp3) is 0.600. The number of anilines is 1. The van der Waals surface area contributed by atoms with Gasteiger partial charge in [0.1, 0.15) is 5.69 Å². The van der Waals surface area contributed by atoms with Gasteiger partial charge in [0.05, 0.1) is 16.2 Å². The van der Waals surface area contributed by atoms with E-state index < -0.39 is 32.4 Å². The minimum atomic E-state index is -4.66. The molecule has 146 valence electrons. The minimum Gasteiger partial charge on any atom is -0.366 e. The number of hydrogen-bond acceptors (Lipinski definition) is 5. The van der Waals surface area contributed by atoms with Crippen molar-refractivity contribution < 1.29 is 26.5 Å². The number of piperidine rings is 1. The largest absolute Gasteiger partial charge is 0.416 e. The quantitative estimate of drug-likeness (QED) is 0.591. The maximum atomic E-state index is 12.8. The molecule has 1 fully saturated rings. The third kappa shape index (κ3) is 5.07. The summed E-state index contributed by atoms with van der Waals surface area (Å²) in [5.41, 5.74) is -1.57. The van der Waals surface area contributed by atoms with Crippen LogP contribution in [0.25, 0.3) is 0 Å². The van der Waals surface area contributed by atoms with Gasteiger partial charge in [0.2, 0.25) is 10.0 Å². The molecule has 0 unspecified atom stereocenters. The molecule has 1 N–H and O–H groups in total. The second-order valence-corrected chi connectivity index (χ2v) is 8.03. The lowest BCUT2D eigenvalue weighted by molar-refractivity contribution is -0.384. The van der Waals surface area contributed by atoms with Crippen LogP contribution in [-0.4, -0.2) is 38.2 Å². The summed E-state index contributed by atoms with van der Waals surface area (Å²) >= 11 is 0. The highest BCUT2D eigenvalue weighted by Gasteiger charge is 2.34. The highest BCUT2D eigenvalue weighted by molar-refractivity contribution is 7.89. The average Bonchev–Trinajstić information content (AvgIpc) is 2.53. The van der Waals surface area contributed by atoms with Gasteiger partial charge in [-0.25, -0.2) is 13.1 Å².